The van der Waals surface area contributed by atoms with Crippen molar-refractivity contribution in [3.8, 4) is 0 Å². The third kappa shape index (κ3) is 20.2. The van der Waals surface area contributed by atoms with Gasteiger partial charge in [-0.15, -0.1) is 0 Å². The van der Waals surface area contributed by atoms with Crippen LogP contribution in [0.1, 0.15) is 103 Å². The first-order valence-electron chi connectivity index (χ1n) is 34.5. The van der Waals surface area contributed by atoms with Gasteiger partial charge in [0.2, 0.25) is 52.9 Å². The minimum Gasteiger partial charge on any atom is -0.481 e. The quantitative estimate of drug-likeness (QED) is 0.0113. The molecule has 0 aliphatic carbocycles. The lowest BCUT2D eigenvalue weighted by Gasteiger charge is -2.30. The Bertz CT molecular complexity index is 4110. The number of nitrogens with zero attached hydrogens (tertiary/aromatic N) is 4. The Kier molecular flexibility index (Phi) is 28.2. The first-order valence-corrected chi connectivity index (χ1v) is 37.0. The SMILES string of the molecule is CC1(C)C(=CC=CC=CC=CC2=[N+](CCC(=O)O)c3ccc4ccccc4c3C2(C)C)N(CCC(=O)N[C@@H]2CSSC[C@@H](C(=O)N[C@@H](CCCCN)C(=O)O)NC(=O)[C@@H]3CCCN3C(=O)[C@H](CO)NC(=O)[C@H](CC(=O)O)NC(=O)[C@H](CCCN=C(N)N)NC(=O)CNC2=O)c2ccc3ccccc3c21. The molecule has 0 spiro atoms. The maximum atomic E-state index is 14.6. The van der Waals surface area contributed by atoms with Crippen molar-refractivity contribution in [1.82, 2.24) is 42.1 Å². The number of nitrogens with two attached hydrogens (primary N) is 3. The maximum absolute atomic E-state index is 14.6. The number of aliphatic hydroxyl groups is 1. The highest BCUT2D eigenvalue weighted by atomic mass is 33.1. The third-order valence-electron chi connectivity index (χ3n) is 18.6. The number of anilines is 1. The number of guanidine groups is 1. The second kappa shape index (κ2) is 36.9. The number of carboxylic acids is 3. The van der Waals surface area contributed by atoms with Crippen LogP contribution in [0.2, 0.25) is 0 Å². The molecule has 29 nitrogen and oxygen atoms in total. The highest BCUT2D eigenvalue weighted by Gasteiger charge is 2.47. The van der Waals surface area contributed by atoms with Gasteiger partial charge in [0.05, 0.1) is 25.0 Å². The molecule has 8 rings (SSSR count). The average Bonchev–Trinajstić information content (AvgIpc) is 1.58. The summed E-state index contributed by atoms with van der Waals surface area (Å²) in [5.74, 6) is -12.1. The Labute approximate surface area is 609 Å². The lowest BCUT2D eigenvalue weighted by Crippen LogP contribution is -2.60. The number of benzene rings is 4. The largest absolute Gasteiger partial charge is 0.481 e. The molecule has 4 aromatic carbocycles. The number of hydrogen-bond donors (Lipinski definition) is 14. The van der Waals surface area contributed by atoms with Crippen LogP contribution >= 0.6 is 21.6 Å². The van der Waals surface area contributed by atoms with Crippen LogP contribution < -0.4 is 59.3 Å². The van der Waals surface area contributed by atoms with E-state index in [1.807, 2.05) is 96.0 Å². The summed E-state index contributed by atoms with van der Waals surface area (Å²) in [6.07, 6.45) is 13.1. The number of hydrogen-bond acceptors (Lipinski definition) is 17. The summed E-state index contributed by atoms with van der Waals surface area (Å²) < 4.78 is 2.08. The zero-order chi connectivity index (χ0) is 75.4. The van der Waals surface area contributed by atoms with E-state index in [0.717, 1.165) is 81.9 Å². The lowest BCUT2D eigenvalue weighted by atomic mass is 9.79. The van der Waals surface area contributed by atoms with Crippen molar-refractivity contribution < 1.29 is 77.7 Å². The molecular formula is C73H93N14O15S2+. The van der Waals surface area contributed by atoms with E-state index in [0.29, 0.717) is 12.8 Å². The summed E-state index contributed by atoms with van der Waals surface area (Å²) >= 11 is 0. The molecule has 0 bridgehead atoms. The lowest BCUT2D eigenvalue weighted by molar-refractivity contribution is -0.436. The molecule has 556 valence electrons. The Hall–Kier alpha value is -10.1. The smallest absolute Gasteiger partial charge is 0.326 e. The summed E-state index contributed by atoms with van der Waals surface area (Å²) in [4.78, 5) is 157. The topological polar surface area (TPSA) is 453 Å². The van der Waals surface area contributed by atoms with Gasteiger partial charge in [-0.2, -0.15) is 4.58 Å². The first kappa shape index (κ1) is 79.6. The van der Waals surface area contributed by atoms with Gasteiger partial charge in [0.15, 0.2) is 18.2 Å². The molecule has 4 aliphatic rings. The molecule has 31 heteroatoms. The predicted octanol–water partition coefficient (Wildman–Crippen LogP) is 2.73. The second-order valence-corrected chi connectivity index (χ2v) is 29.2. The molecule has 0 aromatic heterocycles. The van der Waals surface area contributed by atoms with Crippen LogP contribution in [-0.4, -0.2) is 206 Å². The number of carboxylic acid groups (broad SMARTS) is 3. The fraction of sp³-hybridized carbons (Fsp3) is 0.438. The first-order chi connectivity index (χ1) is 49.7. The standard InChI is InChI=1S/C73H92N14O15S2/c1-72(2)56(25-8-6-5-7-9-26-57-73(3,4)63-46-21-13-11-19-44(46)28-30-54(63)86(57)37-32-60(91)92)85(53-29-27-43-18-10-12-20-45(43)62(53)72)36-31-58(89)80-51-41-103-104-42-52(67(98)81-48(70(101)102)22-14-15-33-74)84-68(99)55-24-17-35-87(55)69(100)50(40-88)83-66(97)49(38-61(93)94)82-65(96)47(23-16-34-77-71(75)76)79-59(90)39-78-64(51)95/h5-13,18-21,25-30,47-52,55,88H,14-17,22-24,31-42,74H2,1-4H3,(H13-,75,76,77,78,79,80,81,82,83,84,89,90,91,92,93,94,95,96,97,98,99,101,102)/p+1/t47-,48-,49-,50-,51+,52-,55-/m0/s1. The predicted molar refractivity (Wildman–Crippen MR) is 397 cm³/mol. The molecule has 0 radical (unpaired) electrons. The van der Waals surface area contributed by atoms with E-state index in [2.05, 4.69) is 98.7 Å². The van der Waals surface area contributed by atoms with Crippen LogP contribution in [0.4, 0.5) is 11.4 Å². The molecule has 8 amide bonds. The molecule has 104 heavy (non-hydrogen) atoms. The number of allylic oxidation sites excluding steroid dienone is 8. The van der Waals surface area contributed by atoms with Crippen molar-refractivity contribution >= 4 is 131 Å². The summed E-state index contributed by atoms with van der Waals surface area (Å²) in [5, 5.41) is 62.0. The number of unbranched alkanes of at least 4 members (excludes halogenated alkanes) is 1. The van der Waals surface area contributed by atoms with Gasteiger partial charge in [-0.1, -0.05) is 120 Å². The number of rotatable bonds is 25. The van der Waals surface area contributed by atoms with Gasteiger partial charge in [-0.3, -0.25) is 52.9 Å². The van der Waals surface area contributed by atoms with E-state index in [4.69, 9.17) is 17.2 Å². The van der Waals surface area contributed by atoms with Crippen LogP contribution in [0.15, 0.2) is 126 Å². The molecule has 4 heterocycles. The number of carbonyl (C=O) groups is 11. The Morgan fingerprint density at radius 2 is 1.39 bits per heavy atom. The van der Waals surface area contributed by atoms with E-state index >= 15 is 0 Å². The zero-order valence-electron chi connectivity index (χ0n) is 58.6. The van der Waals surface area contributed by atoms with Crippen molar-refractivity contribution in [2.45, 2.75) is 145 Å². The van der Waals surface area contributed by atoms with Gasteiger partial charge in [0.25, 0.3) is 0 Å². The highest BCUT2D eigenvalue weighted by molar-refractivity contribution is 8.76. The van der Waals surface area contributed by atoms with E-state index < -0.39 is 138 Å². The number of carbonyl (C=O) groups excluding carboxylic acids is 8. The molecule has 0 saturated carbocycles. The zero-order valence-corrected chi connectivity index (χ0v) is 60.2. The minimum absolute atomic E-state index is 0.0102. The van der Waals surface area contributed by atoms with Gasteiger partial charge in [0.1, 0.15) is 48.7 Å². The second-order valence-electron chi connectivity index (χ2n) is 26.7. The van der Waals surface area contributed by atoms with E-state index in [9.17, 15) is 73.2 Å². The molecule has 7 atom stereocenters. The van der Waals surface area contributed by atoms with Gasteiger partial charge in [0, 0.05) is 72.1 Å². The monoisotopic (exact) mass is 1470 g/mol. The summed E-state index contributed by atoms with van der Waals surface area (Å²) in [6, 6.07) is 13.4. The number of amides is 8. The maximum Gasteiger partial charge on any atom is 0.326 e. The Morgan fingerprint density at radius 1 is 0.731 bits per heavy atom. The third-order valence-corrected chi connectivity index (χ3v) is 21.1. The van der Waals surface area contributed by atoms with Gasteiger partial charge < -0.3 is 84.6 Å². The molecule has 17 N–H and O–H groups in total. The fourth-order valence-electron chi connectivity index (χ4n) is 13.5. The number of aliphatic hydroxyl groups excluding tert-OH is 1. The number of fused-ring (bicyclic) bond motifs is 7. The molecule has 0 unspecified atom stereocenters. The fourth-order valence-corrected chi connectivity index (χ4v) is 15.9. The van der Waals surface area contributed by atoms with Crippen molar-refractivity contribution in [2.24, 2.45) is 22.2 Å². The average molecular weight is 1470 g/mol. The number of aliphatic imine (C=N–C) groups is 1. The molecule has 2 saturated heterocycles. The summed E-state index contributed by atoms with van der Waals surface area (Å²) in [5.41, 5.74) is 21.4. The van der Waals surface area contributed by atoms with Crippen LogP contribution in [0, 0.1) is 0 Å². The van der Waals surface area contributed by atoms with Crippen molar-refractivity contribution in [3.63, 3.8) is 0 Å². The van der Waals surface area contributed by atoms with Crippen LogP contribution in [0.3, 0.4) is 0 Å². The van der Waals surface area contributed by atoms with Crippen LogP contribution in [-0.2, 0) is 63.6 Å². The van der Waals surface area contributed by atoms with Crippen LogP contribution in [0.5, 0.6) is 0 Å². The molecule has 4 aromatic rings. The van der Waals surface area contributed by atoms with Crippen molar-refractivity contribution in [2.75, 3.05) is 62.3 Å². The molecule has 2 fully saturated rings. The normalized spacial score (nSPS) is 22.0. The number of aliphatic carboxylic acids is 3. The Balaban J connectivity index is 1.07. The Morgan fingerprint density at radius 3 is 2.08 bits per heavy atom. The van der Waals surface area contributed by atoms with E-state index in [-0.39, 0.29) is 95.1 Å². The minimum atomic E-state index is -1.92. The van der Waals surface area contributed by atoms with E-state index in [1.54, 1.807) is 0 Å². The van der Waals surface area contributed by atoms with Gasteiger partial charge in [-0.05, 0) is 111 Å². The van der Waals surface area contributed by atoms with Crippen molar-refractivity contribution in [3.05, 3.63) is 132 Å². The summed E-state index contributed by atoms with van der Waals surface area (Å²) in [6.45, 7) is 7.18. The molecule has 4 aliphatic heterocycles. The number of nitrogens with one attached hydrogen (secondary N) is 7. The van der Waals surface area contributed by atoms with Crippen molar-refractivity contribution in [1.29, 1.82) is 0 Å². The summed E-state index contributed by atoms with van der Waals surface area (Å²) in [7, 11) is 1.97. The van der Waals surface area contributed by atoms with Gasteiger partial charge >= 0.3 is 17.9 Å². The van der Waals surface area contributed by atoms with E-state index in [1.165, 1.54) is 0 Å². The van der Waals surface area contributed by atoms with Crippen LogP contribution in [0.25, 0.3) is 21.5 Å². The molecular weight excluding hydrogens is 1380 g/mol. The highest BCUT2D eigenvalue weighted by Crippen LogP contribution is 2.51. The van der Waals surface area contributed by atoms with Gasteiger partial charge in [-0.25, -0.2) is 4.79 Å².